The molecule has 2 heterocycles. The molecule has 58 heavy (non-hydrogen) atoms. The minimum atomic E-state index is 0.486. The van der Waals surface area contributed by atoms with Crippen LogP contribution >= 0.6 is 0 Å². The molecule has 0 N–H and O–H groups in total. The first-order chi connectivity index (χ1) is 28.6. The van der Waals surface area contributed by atoms with Gasteiger partial charge in [0.2, 0.25) is 0 Å². The zero-order valence-electron chi connectivity index (χ0n) is 30.8. The second kappa shape index (κ2) is 13.6. The van der Waals surface area contributed by atoms with E-state index in [2.05, 4.69) is 100 Å². The van der Waals surface area contributed by atoms with Crippen LogP contribution in [0, 0.1) is 45.3 Å². The molecule has 0 spiro atoms. The topological polar surface area (TPSA) is 105 Å². The third-order valence-electron chi connectivity index (χ3n) is 11.0. The number of fused-ring (bicyclic) bond motifs is 6. The van der Waals surface area contributed by atoms with Crippen LogP contribution in [0.2, 0.25) is 0 Å². The minimum Gasteiger partial charge on any atom is -0.309 e. The molecule has 6 nitrogen and oxygen atoms in total. The number of hydrogen-bond donors (Lipinski definition) is 0. The molecule has 8 aromatic carbocycles. The summed E-state index contributed by atoms with van der Waals surface area (Å²) in [5, 5.41) is 44.4. The quantitative estimate of drug-likeness (QED) is 0.175. The Morgan fingerprint density at radius 3 is 1.24 bits per heavy atom. The standard InChI is InChI=1S/C52H28N6/c53-29-33-8-5-11-36(22-33)38-18-20-49-45(25-38)42-14-1-3-16-47(42)57(49)51-28-44(40-13-7-10-35(24-40)31-55)52(27-41(51)32-56)58-48-17-4-2-15-43(48)46-26-39(19-21-50(46)58)37-12-6-9-34(23-37)30-54/h1-28H. The van der Waals surface area contributed by atoms with Gasteiger partial charge in [0.05, 0.1) is 73.9 Å². The first-order valence-corrected chi connectivity index (χ1v) is 18.7. The predicted octanol–water partition coefficient (Wildman–Crippen LogP) is 12.4. The molecule has 0 bridgehead atoms. The van der Waals surface area contributed by atoms with E-state index in [-0.39, 0.29) is 0 Å². The van der Waals surface area contributed by atoms with E-state index in [0.29, 0.717) is 22.3 Å². The molecule has 266 valence electrons. The number of aromatic nitrogens is 2. The van der Waals surface area contributed by atoms with Crippen LogP contribution in [0.5, 0.6) is 0 Å². The summed E-state index contributed by atoms with van der Waals surface area (Å²) in [6, 6.07) is 65.4. The van der Waals surface area contributed by atoms with Crippen molar-refractivity contribution in [2.45, 2.75) is 0 Å². The van der Waals surface area contributed by atoms with Crippen LogP contribution in [-0.4, -0.2) is 9.13 Å². The van der Waals surface area contributed by atoms with E-state index in [4.69, 9.17) is 0 Å². The SMILES string of the molecule is N#Cc1cccc(-c2ccc3c(c2)c2ccccc2n3-c2cc(-c3cccc(C#N)c3)c(-n3c4ccccc4c4cc(-c5cccc(C#N)c5)ccc43)cc2C#N)c1. The molecule has 2 aromatic heterocycles. The number of rotatable bonds is 5. The van der Waals surface area contributed by atoms with Crippen LogP contribution in [0.25, 0.3) is 88.4 Å². The van der Waals surface area contributed by atoms with E-state index < -0.39 is 0 Å². The van der Waals surface area contributed by atoms with Gasteiger partial charge < -0.3 is 9.13 Å². The molecule has 0 amide bonds. The maximum Gasteiger partial charge on any atom is 0.101 e. The normalized spacial score (nSPS) is 11.0. The lowest BCUT2D eigenvalue weighted by molar-refractivity contribution is 1.14. The summed E-state index contributed by atoms with van der Waals surface area (Å²) < 4.78 is 4.38. The average Bonchev–Trinajstić information content (AvgIpc) is 3.80. The summed E-state index contributed by atoms with van der Waals surface area (Å²) in [7, 11) is 0. The van der Waals surface area contributed by atoms with E-state index in [9.17, 15) is 21.0 Å². The fraction of sp³-hybridized carbons (Fsp3) is 0. The Morgan fingerprint density at radius 1 is 0.310 bits per heavy atom. The Labute approximate surface area is 333 Å². The van der Waals surface area contributed by atoms with Crippen molar-refractivity contribution in [1.82, 2.24) is 9.13 Å². The monoisotopic (exact) mass is 736 g/mol. The molecule has 0 saturated heterocycles. The van der Waals surface area contributed by atoms with E-state index >= 15 is 0 Å². The second-order valence-electron chi connectivity index (χ2n) is 14.2. The minimum absolute atomic E-state index is 0.486. The van der Waals surface area contributed by atoms with E-state index in [0.717, 1.165) is 88.4 Å². The van der Waals surface area contributed by atoms with Gasteiger partial charge in [-0.2, -0.15) is 21.0 Å². The Balaban J connectivity index is 1.26. The molecular formula is C52H28N6. The third kappa shape index (κ3) is 5.38. The Bertz CT molecular complexity index is 3520. The molecule has 0 atom stereocenters. The number of nitrogens with zero attached hydrogens (tertiary/aromatic N) is 6. The average molecular weight is 737 g/mol. The fourth-order valence-electron chi connectivity index (χ4n) is 8.38. The highest BCUT2D eigenvalue weighted by Crippen LogP contribution is 2.42. The zero-order valence-corrected chi connectivity index (χ0v) is 30.8. The van der Waals surface area contributed by atoms with Crippen molar-refractivity contribution in [1.29, 1.82) is 21.0 Å². The summed E-state index contributed by atoms with van der Waals surface area (Å²) in [5.74, 6) is 0. The smallest absolute Gasteiger partial charge is 0.101 e. The van der Waals surface area contributed by atoms with E-state index in [1.165, 1.54) is 0 Å². The molecule has 0 radical (unpaired) electrons. The number of para-hydroxylation sites is 2. The summed E-state index contributed by atoms with van der Waals surface area (Å²) in [4.78, 5) is 0. The van der Waals surface area contributed by atoms with Crippen molar-refractivity contribution in [2.75, 3.05) is 0 Å². The van der Waals surface area contributed by atoms with Crippen LogP contribution in [0.4, 0.5) is 0 Å². The van der Waals surface area contributed by atoms with Gasteiger partial charge >= 0.3 is 0 Å². The second-order valence-corrected chi connectivity index (χ2v) is 14.2. The fourth-order valence-corrected chi connectivity index (χ4v) is 8.38. The molecule has 10 rings (SSSR count). The first kappa shape index (κ1) is 33.9. The number of nitriles is 4. The largest absolute Gasteiger partial charge is 0.309 e. The van der Waals surface area contributed by atoms with Gasteiger partial charge in [0.25, 0.3) is 0 Å². The lowest BCUT2D eigenvalue weighted by atomic mass is 9.97. The summed E-state index contributed by atoms with van der Waals surface area (Å²) in [5.41, 5.74) is 13.2. The van der Waals surface area contributed by atoms with Gasteiger partial charge in [-0.1, -0.05) is 84.9 Å². The molecular weight excluding hydrogens is 709 g/mol. The van der Waals surface area contributed by atoms with Gasteiger partial charge in [0.1, 0.15) is 6.07 Å². The van der Waals surface area contributed by atoms with Gasteiger partial charge in [-0.25, -0.2) is 0 Å². The zero-order chi connectivity index (χ0) is 39.3. The van der Waals surface area contributed by atoms with E-state index in [1.807, 2.05) is 84.9 Å². The van der Waals surface area contributed by atoms with Crippen molar-refractivity contribution in [2.24, 2.45) is 0 Å². The maximum absolute atomic E-state index is 11.0. The summed E-state index contributed by atoms with van der Waals surface area (Å²) in [6.45, 7) is 0. The molecule has 0 saturated carbocycles. The number of hydrogen-bond acceptors (Lipinski definition) is 4. The highest BCUT2D eigenvalue weighted by molar-refractivity contribution is 6.12. The van der Waals surface area contributed by atoms with Crippen LogP contribution in [0.3, 0.4) is 0 Å². The highest BCUT2D eigenvalue weighted by atomic mass is 15.0. The molecule has 0 aliphatic rings. The lowest BCUT2D eigenvalue weighted by Gasteiger charge is -2.19. The van der Waals surface area contributed by atoms with Gasteiger partial charge in [-0.05, 0) is 113 Å². The van der Waals surface area contributed by atoms with Crippen molar-refractivity contribution >= 4 is 43.6 Å². The van der Waals surface area contributed by atoms with Crippen LogP contribution in [0.15, 0.2) is 170 Å². The molecule has 0 aliphatic carbocycles. The van der Waals surface area contributed by atoms with Crippen molar-refractivity contribution in [3.63, 3.8) is 0 Å². The molecule has 0 fully saturated rings. The van der Waals surface area contributed by atoms with E-state index in [1.54, 1.807) is 18.2 Å². The summed E-state index contributed by atoms with van der Waals surface area (Å²) in [6.07, 6.45) is 0. The van der Waals surface area contributed by atoms with Crippen LogP contribution in [0.1, 0.15) is 22.3 Å². The summed E-state index contributed by atoms with van der Waals surface area (Å²) >= 11 is 0. The van der Waals surface area contributed by atoms with Crippen LogP contribution < -0.4 is 0 Å². The van der Waals surface area contributed by atoms with Crippen molar-refractivity contribution in [3.8, 4) is 69.0 Å². The van der Waals surface area contributed by atoms with Gasteiger partial charge in [0.15, 0.2) is 0 Å². The highest BCUT2D eigenvalue weighted by Gasteiger charge is 2.22. The molecule has 10 aromatic rings. The van der Waals surface area contributed by atoms with Crippen molar-refractivity contribution < 1.29 is 0 Å². The molecule has 0 unspecified atom stereocenters. The maximum atomic E-state index is 11.0. The van der Waals surface area contributed by atoms with Gasteiger partial charge in [-0.3, -0.25) is 0 Å². The Morgan fingerprint density at radius 2 is 0.741 bits per heavy atom. The van der Waals surface area contributed by atoms with Gasteiger partial charge in [0, 0.05) is 27.1 Å². The Hall–Kier alpha value is -8.68. The molecule has 6 heteroatoms. The predicted molar refractivity (Wildman–Crippen MR) is 230 cm³/mol. The van der Waals surface area contributed by atoms with Gasteiger partial charge in [-0.15, -0.1) is 0 Å². The molecule has 0 aliphatic heterocycles. The lowest BCUT2D eigenvalue weighted by Crippen LogP contribution is -2.04. The number of benzene rings is 8. The van der Waals surface area contributed by atoms with Crippen molar-refractivity contribution in [3.05, 3.63) is 192 Å². The Kier molecular flexibility index (Phi) is 7.92. The van der Waals surface area contributed by atoms with Crippen LogP contribution in [-0.2, 0) is 0 Å². The third-order valence-corrected chi connectivity index (χ3v) is 11.0. The first-order valence-electron chi connectivity index (χ1n) is 18.7.